The molecular weight excluding hydrogens is 456 g/mol. The predicted octanol–water partition coefficient (Wildman–Crippen LogP) is 3.86. The number of carbonyl (C=O) groups excluding carboxylic acids is 1. The van der Waals surface area contributed by atoms with Crippen LogP contribution < -0.4 is 16.2 Å². The smallest absolute Gasteiger partial charge is 0.420 e. The molecule has 4 N–H and O–H groups in total. The normalized spacial score (nSPS) is 12.2. The number of nitrogens with zero attached hydrogens (tertiary/aromatic N) is 2. The highest BCUT2D eigenvalue weighted by atomic mass is 35.5. The van der Waals surface area contributed by atoms with Crippen LogP contribution in [0.25, 0.3) is 11.5 Å². The fraction of sp³-hybridized carbons (Fsp3) is 0.250. The summed E-state index contributed by atoms with van der Waals surface area (Å²) in [4.78, 5) is 11.5. The topological polar surface area (TPSA) is 117 Å². The van der Waals surface area contributed by atoms with Crippen molar-refractivity contribution in [2.75, 3.05) is 0 Å². The third-order valence-corrected chi connectivity index (χ3v) is 4.38. The molecule has 0 aliphatic heterocycles. The number of amides is 1. The molecule has 0 spiro atoms. The summed E-state index contributed by atoms with van der Waals surface area (Å²) in [6, 6.07) is 10.1. The molecular formula is C20H19ClF4N4O3. The maximum Gasteiger partial charge on any atom is 0.573 e. The van der Waals surface area contributed by atoms with Gasteiger partial charge < -0.3 is 20.6 Å². The molecule has 0 aliphatic carbocycles. The minimum Gasteiger partial charge on any atom is -0.420 e. The van der Waals surface area contributed by atoms with Crippen LogP contribution in [-0.2, 0) is 17.8 Å². The van der Waals surface area contributed by atoms with E-state index in [9.17, 15) is 22.4 Å². The van der Waals surface area contributed by atoms with Gasteiger partial charge in [-0.15, -0.1) is 35.8 Å². The largest absolute Gasteiger partial charge is 0.573 e. The Morgan fingerprint density at radius 2 is 1.75 bits per heavy atom. The number of halogens is 5. The lowest BCUT2D eigenvalue weighted by Crippen LogP contribution is -2.18. The van der Waals surface area contributed by atoms with Crippen LogP contribution in [0, 0.1) is 5.82 Å². The van der Waals surface area contributed by atoms with Gasteiger partial charge in [0.25, 0.3) is 0 Å². The van der Waals surface area contributed by atoms with E-state index in [2.05, 4.69) is 14.9 Å². The zero-order chi connectivity index (χ0) is 22.6. The van der Waals surface area contributed by atoms with E-state index in [0.717, 1.165) is 23.3 Å². The van der Waals surface area contributed by atoms with Crippen molar-refractivity contribution in [3.05, 3.63) is 65.3 Å². The molecule has 2 aromatic carbocycles. The van der Waals surface area contributed by atoms with Crippen molar-refractivity contribution in [1.82, 2.24) is 10.2 Å². The van der Waals surface area contributed by atoms with Crippen molar-refractivity contribution in [3.8, 4) is 17.2 Å². The molecule has 0 saturated carbocycles. The molecule has 172 valence electrons. The number of hydrogen-bond donors (Lipinski definition) is 2. The SMILES string of the molecule is Cl.NCc1ccc(CC(CC(N)=O)c2nnc(-c3ccc(F)c(OC(F)(F)F)c3)o2)cc1. The van der Waals surface area contributed by atoms with Crippen LogP contribution in [-0.4, -0.2) is 22.5 Å². The van der Waals surface area contributed by atoms with Crippen LogP contribution in [0.1, 0.15) is 29.4 Å². The summed E-state index contributed by atoms with van der Waals surface area (Å²) in [5, 5.41) is 7.71. The van der Waals surface area contributed by atoms with Crippen LogP contribution in [0.4, 0.5) is 17.6 Å². The number of nitrogens with two attached hydrogens (primary N) is 2. The molecule has 0 bridgehead atoms. The number of alkyl halides is 3. The van der Waals surface area contributed by atoms with E-state index < -0.39 is 29.8 Å². The van der Waals surface area contributed by atoms with Gasteiger partial charge in [-0.05, 0) is 35.7 Å². The fourth-order valence-electron chi connectivity index (χ4n) is 2.94. The summed E-state index contributed by atoms with van der Waals surface area (Å²) < 4.78 is 60.2. The lowest BCUT2D eigenvalue weighted by Gasteiger charge is -2.12. The lowest BCUT2D eigenvalue weighted by atomic mass is 9.95. The minimum atomic E-state index is -5.06. The average Bonchev–Trinajstić information content (AvgIpc) is 3.18. The molecule has 1 amide bonds. The first-order valence-corrected chi connectivity index (χ1v) is 9.10. The second-order valence-corrected chi connectivity index (χ2v) is 6.73. The number of hydrogen-bond acceptors (Lipinski definition) is 6. The van der Waals surface area contributed by atoms with E-state index in [1.807, 2.05) is 24.3 Å². The number of aromatic nitrogens is 2. The van der Waals surface area contributed by atoms with E-state index in [1.165, 1.54) is 6.07 Å². The number of ether oxygens (including phenoxy) is 1. The van der Waals surface area contributed by atoms with Gasteiger partial charge in [0.1, 0.15) is 0 Å². The summed E-state index contributed by atoms with van der Waals surface area (Å²) in [6.45, 7) is 0.385. The van der Waals surface area contributed by atoms with E-state index >= 15 is 0 Å². The second kappa shape index (κ2) is 10.4. The summed E-state index contributed by atoms with van der Waals surface area (Å²) in [5.41, 5.74) is 12.7. The summed E-state index contributed by atoms with van der Waals surface area (Å²) in [5.74, 6) is -3.47. The van der Waals surface area contributed by atoms with E-state index in [1.54, 1.807) is 0 Å². The van der Waals surface area contributed by atoms with Crippen molar-refractivity contribution >= 4 is 18.3 Å². The van der Waals surface area contributed by atoms with Crippen molar-refractivity contribution in [2.24, 2.45) is 11.5 Å². The first-order valence-electron chi connectivity index (χ1n) is 9.10. The van der Waals surface area contributed by atoms with E-state index in [4.69, 9.17) is 15.9 Å². The lowest BCUT2D eigenvalue weighted by molar-refractivity contribution is -0.275. The standard InChI is InChI=1S/C20H18F4N4O3.ClH/c21-15-6-5-13(8-16(15)31-20(22,23)24)18-27-28-19(30-18)14(9-17(26)29)7-11-1-3-12(10-25)4-2-11;/h1-6,8,14H,7,9-10,25H2,(H2,26,29);1H. The Morgan fingerprint density at radius 1 is 1.09 bits per heavy atom. The zero-order valence-corrected chi connectivity index (χ0v) is 17.3. The average molecular weight is 475 g/mol. The Labute approximate surface area is 186 Å². The predicted molar refractivity (Wildman–Crippen MR) is 108 cm³/mol. The zero-order valence-electron chi connectivity index (χ0n) is 16.4. The van der Waals surface area contributed by atoms with Crippen molar-refractivity contribution in [1.29, 1.82) is 0 Å². The molecule has 0 saturated heterocycles. The molecule has 3 aromatic rings. The Morgan fingerprint density at radius 3 is 2.34 bits per heavy atom. The second-order valence-electron chi connectivity index (χ2n) is 6.73. The van der Waals surface area contributed by atoms with Gasteiger partial charge in [-0.3, -0.25) is 4.79 Å². The molecule has 1 atom stereocenters. The summed E-state index contributed by atoms with van der Waals surface area (Å²) in [6.07, 6.45) is -4.81. The monoisotopic (exact) mass is 474 g/mol. The molecule has 12 heteroatoms. The van der Waals surface area contributed by atoms with Gasteiger partial charge in [-0.2, -0.15) is 0 Å². The van der Waals surface area contributed by atoms with Crippen molar-refractivity contribution in [2.45, 2.75) is 31.7 Å². The molecule has 1 aromatic heterocycles. The van der Waals surface area contributed by atoms with Gasteiger partial charge in [0, 0.05) is 18.5 Å². The third-order valence-electron chi connectivity index (χ3n) is 4.38. The van der Waals surface area contributed by atoms with Crippen LogP contribution >= 0.6 is 12.4 Å². The van der Waals surface area contributed by atoms with Gasteiger partial charge in [0.15, 0.2) is 11.6 Å². The first-order chi connectivity index (χ1) is 14.6. The molecule has 1 unspecified atom stereocenters. The fourth-order valence-corrected chi connectivity index (χ4v) is 2.94. The van der Waals surface area contributed by atoms with Crippen molar-refractivity contribution < 1.29 is 31.5 Å². The van der Waals surface area contributed by atoms with Crippen LogP contribution in [0.5, 0.6) is 5.75 Å². The third kappa shape index (κ3) is 6.66. The van der Waals surface area contributed by atoms with Crippen LogP contribution in [0.2, 0.25) is 0 Å². The quantitative estimate of drug-likeness (QED) is 0.479. The maximum absolute atomic E-state index is 13.6. The van der Waals surface area contributed by atoms with Gasteiger partial charge in [-0.25, -0.2) is 4.39 Å². The number of benzene rings is 2. The highest BCUT2D eigenvalue weighted by Crippen LogP contribution is 2.32. The first kappa shape index (κ1) is 25.1. The van der Waals surface area contributed by atoms with Gasteiger partial charge in [0.2, 0.25) is 17.7 Å². The molecule has 0 radical (unpaired) electrons. The van der Waals surface area contributed by atoms with Crippen LogP contribution in [0.15, 0.2) is 46.9 Å². The molecule has 0 fully saturated rings. The summed E-state index contributed by atoms with van der Waals surface area (Å²) in [7, 11) is 0. The molecule has 32 heavy (non-hydrogen) atoms. The Bertz CT molecular complexity index is 1060. The Balaban J connectivity index is 0.00000363. The van der Waals surface area contributed by atoms with Gasteiger partial charge >= 0.3 is 6.36 Å². The number of primary amides is 1. The Kier molecular flexibility index (Phi) is 8.17. The Hall–Kier alpha value is -3.18. The van der Waals surface area contributed by atoms with Crippen molar-refractivity contribution in [3.63, 3.8) is 0 Å². The molecule has 1 heterocycles. The molecule has 3 rings (SSSR count). The molecule has 0 aliphatic rings. The highest BCUT2D eigenvalue weighted by molar-refractivity contribution is 5.85. The van der Waals surface area contributed by atoms with Gasteiger partial charge in [0.05, 0.1) is 5.92 Å². The van der Waals surface area contributed by atoms with E-state index in [-0.39, 0.29) is 36.2 Å². The number of rotatable bonds is 8. The van der Waals surface area contributed by atoms with E-state index in [0.29, 0.717) is 13.0 Å². The summed E-state index contributed by atoms with van der Waals surface area (Å²) >= 11 is 0. The highest BCUT2D eigenvalue weighted by Gasteiger charge is 2.32. The maximum atomic E-state index is 13.6. The van der Waals surface area contributed by atoms with Gasteiger partial charge in [-0.1, -0.05) is 24.3 Å². The number of carbonyl (C=O) groups is 1. The minimum absolute atomic E-state index is 0. The van der Waals surface area contributed by atoms with Crippen LogP contribution in [0.3, 0.4) is 0 Å². The molecule has 7 nitrogen and oxygen atoms in total.